The van der Waals surface area contributed by atoms with Gasteiger partial charge in [0.05, 0.1) is 17.2 Å². The van der Waals surface area contributed by atoms with E-state index in [1.54, 1.807) is 31.2 Å². The number of thioether (sulfide) groups is 1. The monoisotopic (exact) mass is 492 g/mol. The number of thiocarbonyl (C=S) groups is 1. The molecule has 2 aromatic rings. The predicted octanol–water partition coefficient (Wildman–Crippen LogP) is 3.01. The first-order valence-electron chi connectivity index (χ1n) is 9.06. The lowest BCUT2D eigenvalue weighted by Gasteiger charge is -2.11. The molecule has 1 aliphatic heterocycles. The van der Waals surface area contributed by atoms with Crippen LogP contribution >= 0.6 is 35.3 Å². The Balaban J connectivity index is 1.87. The number of rotatable bonds is 7. The number of carbonyl (C=O) groups is 4. The number of carboxylic acids is 1. The number of thiazole rings is 1. The van der Waals surface area contributed by atoms with E-state index in [9.17, 15) is 19.2 Å². The Morgan fingerprint density at radius 3 is 2.59 bits per heavy atom. The zero-order valence-corrected chi connectivity index (χ0v) is 18.9. The van der Waals surface area contributed by atoms with E-state index < -0.39 is 30.4 Å². The van der Waals surface area contributed by atoms with Gasteiger partial charge in [-0.2, -0.15) is 0 Å². The van der Waals surface area contributed by atoms with Crippen LogP contribution in [-0.4, -0.2) is 56.3 Å². The maximum atomic E-state index is 12.7. The van der Waals surface area contributed by atoms with Crippen LogP contribution in [0.25, 0.3) is 5.57 Å². The van der Waals surface area contributed by atoms with E-state index in [2.05, 4.69) is 15.6 Å². The van der Waals surface area contributed by atoms with Crippen LogP contribution < -0.4 is 10.6 Å². The molecular weight excluding hydrogens is 476 g/mol. The third-order valence-corrected chi connectivity index (χ3v) is 6.07. The third-order valence-electron chi connectivity index (χ3n) is 3.86. The summed E-state index contributed by atoms with van der Waals surface area (Å²) < 4.78 is 5.07. The number of carboxylic acid groups (broad SMARTS) is 1. The molecule has 3 rings (SSSR count). The Labute approximate surface area is 195 Å². The highest BCUT2D eigenvalue weighted by Crippen LogP contribution is 2.38. The van der Waals surface area contributed by atoms with Gasteiger partial charge in [0.2, 0.25) is 0 Å². The van der Waals surface area contributed by atoms with Crippen molar-refractivity contribution in [1.82, 2.24) is 9.88 Å². The topological polar surface area (TPSA) is 138 Å². The molecule has 0 spiro atoms. The first-order chi connectivity index (χ1) is 15.3. The van der Waals surface area contributed by atoms with E-state index in [1.165, 1.54) is 5.38 Å². The lowest BCUT2D eigenvalue weighted by atomic mass is 10.2. The van der Waals surface area contributed by atoms with E-state index in [0.29, 0.717) is 5.69 Å². The highest BCUT2D eigenvalue weighted by atomic mass is 32.2. The number of benzene rings is 1. The first-order valence-corrected chi connectivity index (χ1v) is 11.2. The van der Waals surface area contributed by atoms with Gasteiger partial charge in [0.15, 0.2) is 5.13 Å². The number of nitrogens with zero attached hydrogens (tertiary/aromatic N) is 2. The third kappa shape index (κ3) is 5.49. The average Bonchev–Trinajstić information content (AvgIpc) is 3.29. The second kappa shape index (κ2) is 10.3. The maximum Gasteiger partial charge on any atom is 0.341 e. The van der Waals surface area contributed by atoms with Crippen molar-refractivity contribution in [3.8, 4) is 0 Å². The molecule has 3 N–H and O–H groups in total. The number of hydrogen-bond acceptors (Lipinski definition) is 9. The second-order valence-corrected chi connectivity index (χ2v) is 8.56. The minimum Gasteiger partial charge on any atom is -0.480 e. The van der Waals surface area contributed by atoms with Crippen LogP contribution in [0.15, 0.2) is 40.6 Å². The molecular formula is C19H16N4O6S3. The van der Waals surface area contributed by atoms with E-state index in [0.717, 1.165) is 28.0 Å². The summed E-state index contributed by atoms with van der Waals surface area (Å²) in [6.45, 7) is 1.02. The summed E-state index contributed by atoms with van der Waals surface area (Å²) in [5.74, 6) is -2.78. The molecule has 0 bridgehead atoms. The molecule has 0 aliphatic carbocycles. The molecule has 1 aromatic heterocycles. The lowest BCUT2D eigenvalue weighted by Crippen LogP contribution is -2.33. The Kier molecular flexibility index (Phi) is 7.56. The Morgan fingerprint density at radius 2 is 1.94 bits per heavy atom. The molecule has 1 aromatic carbocycles. The Bertz CT molecular complexity index is 1120. The standard InChI is InChI=1S/C19H16N4O6S3/c1-2-29-16(27)13(14-15(26)23(8-12(24)25)19(30)32-14)11-9-31-18(21-11)22-17(28)20-10-6-4-3-5-7-10/h3-7,9H,2,8H2,1H3,(H,24,25)(H2,20,21,22,28)/b14-13-. The number of amides is 3. The largest absolute Gasteiger partial charge is 0.480 e. The SMILES string of the molecule is CCOC(=O)/C(=C1\SC(=S)N(CC(=O)O)C1=O)c1csc(NC(=O)Nc2ccccc2)n1. The number of anilines is 2. The fraction of sp³-hybridized carbons (Fsp3) is 0.158. The number of carbonyl (C=O) groups excluding carboxylic acids is 3. The summed E-state index contributed by atoms with van der Waals surface area (Å²) in [7, 11) is 0. The second-order valence-electron chi connectivity index (χ2n) is 6.06. The molecule has 0 saturated carbocycles. The molecule has 166 valence electrons. The fourth-order valence-electron chi connectivity index (χ4n) is 2.56. The molecule has 0 unspecified atom stereocenters. The number of urea groups is 1. The van der Waals surface area contributed by atoms with Crippen molar-refractivity contribution >= 4 is 79.9 Å². The van der Waals surface area contributed by atoms with Crippen LogP contribution in [0.2, 0.25) is 0 Å². The molecule has 0 atom stereocenters. The van der Waals surface area contributed by atoms with Gasteiger partial charge in [-0.1, -0.05) is 42.2 Å². The van der Waals surface area contributed by atoms with Crippen LogP contribution in [0.3, 0.4) is 0 Å². The first kappa shape index (κ1) is 23.4. The van der Waals surface area contributed by atoms with Crippen molar-refractivity contribution < 1.29 is 29.0 Å². The smallest absolute Gasteiger partial charge is 0.341 e. The normalized spacial score (nSPS) is 14.8. The number of aromatic nitrogens is 1. The van der Waals surface area contributed by atoms with Crippen LogP contribution in [0, 0.1) is 0 Å². The predicted molar refractivity (Wildman–Crippen MR) is 124 cm³/mol. The minimum atomic E-state index is -1.25. The van der Waals surface area contributed by atoms with Gasteiger partial charge in [-0.3, -0.25) is 19.8 Å². The summed E-state index contributed by atoms with van der Waals surface area (Å²) in [5, 5.41) is 15.9. The molecule has 2 heterocycles. The summed E-state index contributed by atoms with van der Waals surface area (Å²) in [4.78, 5) is 53.6. The number of hydrogen-bond donors (Lipinski definition) is 3. The van der Waals surface area contributed by atoms with E-state index >= 15 is 0 Å². The quantitative estimate of drug-likeness (QED) is 0.302. The van der Waals surface area contributed by atoms with Gasteiger partial charge in [-0.05, 0) is 19.1 Å². The van der Waals surface area contributed by atoms with Crippen LogP contribution in [0.1, 0.15) is 12.6 Å². The van der Waals surface area contributed by atoms with E-state index in [1.807, 2.05) is 6.07 Å². The van der Waals surface area contributed by atoms with Gasteiger partial charge >= 0.3 is 18.0 Å². The zero-order chi connectivity index (χ0) is 23.3. The van der Waals surface area contributed by atoms with Gasteiger partial charge in [0.25, 0.3) is 5.91 Å². The Hall–Kier alpha value is -3.29. The van der Waals surface area contributed by atoms with Crippen LogP contribution in [0.4, 0.5) is 15.6 Å². The molecule has 1 aliphatic rings. The summed E-state index contributed by atoms with van der Waals surface area (Å²) >= 11 is 6.93. The number of para-hydroxylation sites is 1. The summed E-state index contributed by atoms with van der Waals surface area (Å²) in [5.41, 5.74) is 0.528. The van der Waals surface area contributed by atoms with Crippen molar-refractivity contribution in [3.63, 3.8) is 0 Å². The highest BCUT2D eigenvalue weighted by Gasteiger charge is 2.38. The molecule has 13 heteroatoms. The molecule has 3 amide bonds. The number of ether oxygens (including phenoxy) is 1. The molecule has 32 heavy (non-hydrogen) atoms. The maximum absolute atomic E-state index is 12.7. The lowest BCUT2D eigenvalue weighted by molar-refractivity contribution is -0.140. The molecule has 1 saturated heterocycles. The average molecular weight is 493 g/mol. The van der Waals surface area contributed by atoms with Gasteiger partial charge in [0.1, 0.15) is 16.4 Å². The van der Waals surface area contributed by atoms with E-state index in [-0.39, 0.29) is 32.2 Å². The van der Waals surface area contributed by atoms with Gasteiger partial charge < -0.3 is 15.2 Å². The zero-order valence-electron chi connectivity index (χ0n) is 16.5. The number of esters is 1. The summed E-state index contributed by atoms with van der Waals surface area (Å²) in [6.07, 6.45) is 0. The van der Waals surface area contributed by atoms with Gasteiger partial charge in [-0.15, -0.1) is 11.3 Å². The number of aliphatic carboxylic acids is 1. The van der Waals surface area contributed by atoms with Crippen molar-refractivity contribution in [2.45, 2.75) is 6.92 Å². The summed E-state index contributed by atoms with van der Waals surface area (Å²) in [6, 6.07) is 8.23. The van der Waals surface area contributed by atoms with Gasteiger partial charge in [0, 0.05) is 11.1 Å². The fourth-order valence-corrected chi connectivity index (χ4v) is 4.58. The van der Waals surface area contributed by atoms with Crippen molar-refractivity contribution in [2.24, 2.45) is 0 Å². The molecule has 10 nitrogen and oxygen atoms in total. The van der Waals surface area contributed by atoms with Crippen LogP contribution in [-0.2, 0) is 19.1 Å². The number of nitrogens with one attached hydrogen (secondary N) is 2. The molecule has 0 radical (unpaired) electrons. The van der Waals surface area contributed by atoms with Gasteiger partial charge in [-0.25, -0.2) is 14.6 Å². The van der Waals surface area contributed by atoms with Crippen molar-refractivity contribution in [3.05, 3.63) is 46.3 Å². The van der Waals surface area contributed by atoms with Crippen molar-refractivity contribution in [2.75, 3.05) is 23.8 Å². The Morgan fingerprint density at radius 1 is 1.22 bits per heavy atom. The van der Waals surface area contributed by atoms with Crippen LogP contribution in [0.5, 0.6) is 0 Å². The highest BCUT2D eigenvalue weighted by molar-refractivity contribution is 8.26. The minimum absolute atomic E-state index is 0.00464. The molecule has 1 fully saturated rings. The van der Waals surface area contributed by atoms with E-state index in [4.69, 9.17) is 22.1 Å². The van der Waals surface area contributed by atoms with Crippen molar-refractivity contribution in [1.29, 1.82) is 0 Å².